The Hall–Kier alpha value is 0.430. The van der Waals surface area contributed by atoms with Crippen molar-refractivity contribution in [3.63, 3.8) is 0 Å². The first kappa shape index (κ1) is 12.9. The molecule has 0 spiro atoms. The standard InChI is InChI=1S/C15H29P/c1-2-4-6-8-11-14(10-7-5-3-1)16-15-12-9-13-15/h14-16H,1-13H2. The van der Waals surface area contributed by atoms with Crippen molar-refractivity contribution in [1.82, 2.24) is 0 Å². The topological polar surface area (TPSA) is 0 Å². The summed E-state index contributed by atoms with van der Waals surface area (Å²) in [4.78, 5) is 0. The van der Waals surface area contributed by atoms with E-state index in [0.717, 1.165) is 11.3 Å². The van der Waals surface area contributed by atoms with Crippen molar-refractivity contribution in [1.29, 1.82) is 0 Å². The zero-order valence-electron chi connectivity index (χ0n) is 10.8. The fourth-order valence-electron chi connectivity index (χ4n) is 3.06. The molecule has 94 valence electrons. The maximum atomic E-state index is 1.56. The van der Waals surface area contributed by atoms with Gasteiger partial charge >= 0.3 is 0 Å². The quantitative estimate of drug-likeness (QED) is 0.559. The lowest BCUT2D eigenvalue weighted by molar-refractivity contribution is 0.508. The summed E-state index contributed by atoms with van der Waals surface area (Å²) in [5.74, 6) is 0. The first-order valence-corrected chi connectivity index (χ1v) is 8.87. The van der Waals surface area contributed by atoms with Gasteiger partial charge in [-0.25, -0.2) is 0 Å². The van der Waals surface area contributed by atoms with Crippen LogP contribution in [0, 0.1) is 0 Å². The molecule has 0 nitrogen and oxygen atoms in total. The van der Waals surface area contributed by atoms with E-state index in [1.54, 1.807) is 25.7 Å². The van der Waals surface area contributed by atoms with Gasteiger partial charge < -0.3 is 0 Å². The Morgan fingerprint density at radius 1 is 0.438 bits per heavy atom. The SMILES string of the molecule is C1CCCCCC(PC2CCC2)CCCC1. The van der Waals surface area contributed by atoms with Crippen LogP contribution < -0.4 is 0 Å². The lowest BCUT2D eigenvalue weighted by Crippen LogP contribution is -2.16. The minimum atomic E-state index is 1.13. The first-order valence-electron chi connectivity index (χ1n) is 7.71. The van der Waals surface area contributed by atoms with Crippen molar-refractivity contribution in [3.8, 4) is 0 Å². The fourth-order valence-corrected chi connectivity index (χ4v) is 5.21. The van der Waals surface area contributed by atoms with E-state index in [1.165, 1.54) is 66.4 Å². The molecule has 0 aliphatic heterocycles. The van der Waals surface area contributed by atoms with Crippen molar-refractivity contribution in [2.75, 3.05) is 0 Å². The molecule has 0 bridgehead atoms. The Labute approximate surface area is 104 Å². The zero-order chi connectivity index (χ0) is 11.1. The molecule has 2 rings (SSSR count). The van der Waals surface area contributed by atoms with Gasteiger partial charge in [0.2, 0.25) is 0 Å². The molecule has 2 aliphatic rings. The number of rotatable bonds is 2. The van der Waals surface area contributed by atoms with Gasteiger partial charge in [-0.15, -0.1) is 8.58 Å². The van der Waals surface area contributed by atoms with Crippen LogP contribution in [0.2, 0.25) is 0 Å². The zero-order valence-corrected chi connectivity index (χ0v) is 11.8. The van der Waals surface area contributed by atoms with E-state index in [2.05, 4.69) is 0 Å². The fraction of sp³-hybridized carbons (Fsp3) is 1.00. The molecule has 0 heterocycles. The van der Waals surface area contributed by atoms with Crippen LogP contribution in [0.5, 0.6) is 0 Å². The van der Waals surface area contributed by atoms with Crippen LogP contribution in [0.1, 0.15) is 83.5 Å². The highest BCUT2D eigenvalue weighted by atomic mass is 31.1. The van der Waals surface area contributed by atoms with E-state index >= 15 is 0 Å². The molecule has 1 atom stereocenters. The Bertz CT molecular complexity index is 162. The first-order chi connectivity index (χ1) is 7.95. The molecule has 2 aliphatic carbocycles. The molecule has 2 saturated carbocycles. The van der Waals surface area contributed by atoms with Crippen LogP contribution in [-0.2, 0) is 0 Å². The van der Waals surface area contributed by atoms with Gasteiger partial charge in [0.1, 0.15) is 0 Å². The summed E-state index contributed by atoms with van der Waals surface area (Å²) in [5.41, 5.74) is 2.29. The molecule has 0 aromatic carbocycles. The van der Waals surface area contributed by atoms with Gasteiger partial charge in [-0.1, -0.05) is 57.8 Å². The van der Waals surface area contributed by atoms with E-state index in [0.29, 0.717) is 0 Å². The minimum absolute atomic E-state index is 1.13. The van der Waals surface area contributed by atoms with Crippen molar-refractivity contribution >= 4 is 8.58 Å². The van der Waals surface area contributed by atoms with Gasteiger partial charge in [-0.05, 0) is 37.0 Å². The van der Waals surface area contributed by atoms with Gasteiger partial charge in [0, 0.05) is 0 Å². The normalized spacial score (nSPS) is 27.8. The molecule has 16 heavy (non-hydrogen) atoms. The van der Waals surface area contributed by atoms with E-state index in [9.17, 15) is 0 Å². The lowest BCUT2D eigenvalue weighted by atomic mass is 10.00. The van der Waals surface area contributed by atoms with Crippen LogP contribution in [-0.4, -0.2) is 11.3 Å². The maximum Gasteiger partial charge on any atom is -0.0234 e. The van der Waals surface area contributed by atoms with Crippen LogP contribution in [0.15, 0.2) is 0 Å². The Morgan fingerprint density at radius 3 is 1.19 bits per heavy atom. The van der Waals surface area contributed by atoms with Crippen LogP contribution in [0.3, 0.4) is 0 Å². The number of hydrogen-bond donors (Lipinski definition) is 0. The molecular weight excluding hydrogens is 211 g/mol. The Balaban J connectivity index is 1.69. The van der Waals surface area contributed by atoms with Gasteiger partial charge in [0.15, 0.2) is 0 Å². The summed E-state index contributed by atoms with van der Waals surface area (Å²) in [6, 6.07) is 0. The summed E-state index contributed by atoms with van der Waals surface area (Å²) in [6.07, 6.45) is 19.9. The van der Waals surface area contributed by atoms with Gasteiger partial charge in [0.05, 0.1) is 0 Å². The summed E-state index contributed by atoms with van der Waals surface area (Å²) < 4.78 is 0. The van der Waals surface area contributed by atoms with E-state index < -0.39 is 0 Å². The highest BCUT2D eigenvalue weighted by Crippen LogP contribution is 2.42. The third-order valence-electron chi connectivity index (χ3n) is 4.43. The van der Waals surface area contributed by atoms with Crippen LogP contribution in [0.25, 0.3) is 0 Å². The smallest absolute Gasteiger partial charge is 0.0234 e. The second-order valence-electron chi connectivity index (χ2n) is 5.90. The molecule has 0 saturated heterocycles. The summed E-state index contributed by atoms with van der Waals surface area (Å²) >= 11 is 0. The predicted octanol–water partition coefficient (Wildman–Crippen LogP) is 5.50. The van der Waals surface area contributed by atoms with Crippen molar-refractivity contribution in [3.05, 3.63) is 0 Å². The molecule has 0 aromatic heterocycles. The lowest BCUT2D eigenvalue weighted by Gasteiger charge is -2.30. The molecule has 2 fully saturated rings. The molecule has 0 N–H and O–H groups in total. The van der Waals surface area contributed by atoms with Gasteiger partial charge in [-0.2, -0.15) is 0 Å². The second kappa shape index (κ2) is 7.70. The summed E-state index contributed by atoms with van der Waals surface area (Å²) in [6.45, 7) is 0. The monoisotopic (exact) mass is 240 g/mol. The van der Waals surface area contributed by atoms with E-state index in [4.69, 9.17) is 0 Å². The second-order valence-corrected chi connectivity index (χ2v) is 7.86. The average Bonchev–Trinajstić information content (AvgIpc) is 2.29. The molecule has 0 amide bonds. The largest absolute Gasteiger partial charge is 0.116 e. The van der Waals surface area contributed by atoms with Crippen molar-refractivity contribution in [2.45, 2.75) is 94.8 Å². The van der Waals surface area contributed by atoms with Gasteiger partial charge in [0.25, 0.3) is 0 Å². The van der Waals surface area contributed by atoms with Crippen LogP contribution in [0.4, 0.5) is 0 Å². The molecule has 0 aromatic rings. The predicted molar refractivity (Wildman–Crippen MR) is 75.9 cm³/mol. The third-order valence-corrected chi connectivity index (χ3v) is 6.53. The Morgan fingerprint density at radius 2 is 0.812 bits per heavy atom. The average molecular weight is 240 g/mol. The van der Waals surface area contributed by atoms with Gasteiger partial charge in [-0.3, -0.25) is 0 Å². The number of hydrogen-bond acceptors (Lipinski definition) is 0. The molecule has 1 heteroatoms. The highest BCUT2D eigenvalue weighted by Gasteiger charge is 2.21. The molecule has 0 radical (unpaired) electrons. The van der Waals surface area contributed by atoms with Crippen LogP contribution >= 0.6 is 8.58 Å². The van der Waals surface area contributed by atoms with E-state index in [-0.39, 0.29) is 0 Å². The molecule has 1 unspecified atom stereocenters. The maximum absolute atomic E-state index is 1.56. The van der Waals surface area contributed by atoms with E-state index in [1.807, 2.05) is 0 Å². The molecular formula is C15H29P. The van der Waals surface area contributed by atoms with Crippen molar-refractivity contribution < 1.29 is 0 Å². The third kappa shape index (κ3) is 4.74. The summed E-state index contributed by atoms with van der Waals surface area (Å²) in [7, 11) is 1.33. The summed E-state index contributed by atoms with van der Waals surface area (Å²) in [5, 5.41) is 0. The Kier molecular flexibility index (Phi) is 6.19. The highest BCUT2D eigenvalue weighted by molar-refractivity contribution is 7.39. The minimum Gasteiger partial charge on any atom is -0.116 e. The van der Waals surface area contributed by atoms with Crippen molar-refractivity contribution in [2.24, 2.45) is 0 Å².